The van der Waals surface area contributed by atoms with E-state index in [0.29, 0.717) is 22.0 Å². The monoisotopic (exact) mass is 441 g/mol. The van der Waals surface area contributed by atoms with Crippen molar-refractivity contribution >= 4 is 45.0 Å². The Kier molecular flexibility index (Phi) is 6.43. The maximum atomic E-state index is 13.2. The van der Waals surface area contributed by atoms with Crippen LogP contribution in [-0.4, -0.2) is 36.8 Å². The van der Waals surface area contributed by atoms with Crippen LogP contribution in [0.5, 0.6) is 0 Å². The molecule has 1 aliphatic rings. The number of amides is 1. The van der Waals surface area contributed by atoms with Crippen molar-refractivity contribution in [2.75, 3.05) is 11.5 Å². The van der Waals surface area contributed by atoms with Gasteiger partial charge in [-0.05, 0) is 47.9 Å². The van der Waals surface area contributed by atoms with Crippen molar-refractivity contribution in [1.29, 1.82) is 0 Å². The zero-order chi connectivity index (χ0) is 20.3. The smallest absolute Gasteiger partial charge is 0.247 e. The molecule has 1 heterocycles. The summed E-state index contributed by atoms with van der Waals surface area (Å²) in [6.45, 7) is 0.192. The minimum Gasteiger partial charge on any atom is -0.331 e. The van der Waals surface area contributed by atoms with E-state index in [1.807, 2.05) is 0 Å². The first-order valence-electron chi connectivity index (χ1n) is 8.62. The number of nitrogens with zero attached hydrogens (tertiary/aromatic N) is 1. The standard InChI is InChI=1S/C20H18Cl2FNO3S/c21-16-5-3-15(19(22)11-16)4-8-20(25)24(18-9-10-28(26,27)13-18)12-14-1-6-17(23)7-2-14/h1-8,11,18H,9-10,12-13H2/b8-4+/t18-/m0/s1. The van der Waals surface area contributed by atoms with Crippen LogP contribution >= 0.6 is 23.2 Å². The van der Waals surface area contributed by atoms with Crippen LogP contribution in [0.4, 0.5) is 4.39 Å². The van der Waals surface area contributed by atoms with Gasteiger partial charge < -0.3 is 4.90 Å². The summed E-state index contributed by atoms with van der Waals surface area (Å²) in [6, 6.07) is 10.3. The summed E-state index contributed by atoms with van der Waals surface area (Å²) < 4.78 is 36.9. The van der Waals surface area contributed by atoms with Crippen LogP contribution in [0.25, 0.3) is 6.08 Å². The van der Waals surface area contributed by atoms with E-state index in [-0.39, 0.29) is 29.8 Å². The van der Waals surface area contributed by atoms with Crippen LogP contribution in [0.3, 0.4) is 0 Å². The molecule has 0 aromatic heterocycles. The quantitative estimate of drug-likeness (QED) is 0.647. The third-order valence-electron chi connectivity index (χ3n) is 4.57. The molecule has 1 fully saturated rings. The zero-order valence-corrected chi connectivity index (χ0v) is 17.1. The number of halogens is 3. The van der Waals surface area contributed by atoms with Crippen LogP contribution in [0.2, 0.25) is 10.0 Å². The van der Waals surface area contributed by atoms with Gasteiger partial charge >= 0.3 is 0 Å². The van der Waals surface area contributed by atoms with Crippen molar-refractivity contribution in [1.82, 2.24) is 4.90 Å². The largest absolute Gasteiger partial charge is 0.331 e. The summed E-state index contributed by atoms with van der Waals surface area (Å²) >= 11 is 12.0. The Morgan fingerprint density at radius 2 is 1.89 bits per heavy atom. The molecule has 0 aliphatic carbocycles. The van der Waals surface area contributed by atoms with Crippen molar-refractivity contribution in [3.8, 4) is 0 Å². The topological polar surface area (TPSA) is 54.5 Å². The number of sulfone groups is 1. The third kappa shape index (κ3) is 5.34. The number of rotatable bonds is 5. The average molecular weight is 442 g/mol. The lowest BCUT2D eigenvalue weighted by molar-refractivity contribution is -0.128. The Balaban J connectivity index is 1.83. The molecular formula is C20H18Cl2FNO3S. The molecule has 1 atom stereocenters. The van der Waals surface area contributed by atoms with Crippen LogP contribution in [-0.2, 0) is 21.2 Å². The van der Waals surface area contributed by atoms with Crippen LogP contribution in [0.1, 0.15) is 17.5 Å². The molecule has 28 heavy (non-hydrogen) atoms. The fourth-order valence-electron chi connectivity index (χ4n) is 3.09. The summed E-state index contributed by atoms with van der Waals surface area (Å²) in [5, 5.41) is 0.896. The van der Waals surface area contributed by atoms with Crippen molar-refractivity contribution < 1.29 is 17.6 Å². The van der Waals surface area contributed by atoms with E-state index < -0.39 is 15.9 Å². The van der Waals surface area contributed by atoms with Crippen molar-refractivity contribution in [2.45, 2.75) is 19.0 Å². The van der Waals surface area contributed by atoms with Gasteiger partial charge in [-0.15, -0.1) is 0 Å². The predicted octanol–water partition coefficient (Wildman–Crippen LogP) is 4.36. The Morgan fingerprint density at radius 3 is 2.50 bits per heavy atom. The summed E-state index contributed by atoms with van der Waals surface area (Å²) in [7, 11) is -3.17. The first-order valence-corrected chi connectivity index (χ1v) is 11.2. The normalized spacial score (nSPS) is 18.5. The molecule has 1 saturated heterocycles. The van der Waals surface area contributed by atoms with E-state index >= 15 is 0 Å². The van der Waals surface area contributed by atoms with Crippen molar-refractivity contribution in [2.24, 2.45) is 0 Å². The minimum atomic E-state index is -3.17. The van der Waals surface area contributed by atoms with Gasteiger partial charge in [0.05, 0.1) is 11.5 Å². The van der Waals surface area contributed by atoms with Gasteiger partial charge in [0, 0.05) is 28.7 Å². The summed E-state index contributed by atoms with van der Waals surface area (Å²) in [4.78, 5) is 14.4. The number of hydrogen-bond acceptors (Lipinski definition) is 3. The molecule has 2 aromatic rings. The van der Waals surface area contributed by atoms with Gasteiger partial charge in [0.25, 0.3) is 0 Å². The fourth-order valence-corrected chi connectivity index (χ4v) is 5.29. The first-order chi connectivity index (χ1) is 13.2. The second-order valence-electron chi connectivity index (χ2n) is 6.65. The van der Waals surface area contributed by atoms with E-state index in [9.17, 15) is 17.6 Å². The molecule has 0 radical (unpaired) electrons. The molecule has 1 aliphatic heterocycles. The highest BCUT2D eigenvalue weighted by Gasteiger charge is 2.34. The molecule has 8 heteroatoms. The Hall–Kier alpha value is -1.89. The SMILES string of the molecule is O=C(/C=C/c1ccc(Cl)cc1Cl)N(Cc1ccc(F)cc1)[C@H]1CCS(=O)(=O)C1. The summed E-state index contributed by atoms with van der Waals surface area (Å²) in [6.07, 6.45) is 3.32. The average Bonchev–Trinajstić information content (AvgIpc) is 2.99. The number of benzene rings is 2. The first kappa shape index (κ1) is 20.8. The maximum Gasteiger partial charge on any atom is 0.247 e. The van der Waals surface area contributed by atoms with Crippen molar-refractivity contribution in [3.05, 3.63) is 75.5 Å². The van der Waals surface area contributed by atoms with Gasteiger partial charge in [0.1, 0.15) is 5.82 Å². The van der Waals surface area contributed by atoms with Gasteiger partial charge in [0.15, 0.2) is 9.84 Å². The maximum absolute atomic E-state index is 13.2. The molecule has 0 saturated carbocycles. The molecule has 148 valence electrons. The Labute approximate surface area is 173 Å². The second kappa shape index (κ2) is 8.64. The van der Waals surface area contributed by atoms with E-state index in [4.69, 9.17) is 23.2 Å². The molecule has 0 spiro atoms. The third-order valence-corrected chi connectivity index (χ3v) is 6.88. The van der Waals surface area contributed by atoms with Gasteiger partial charge in [-0.25, -0.2) is 12.8 Å². The fraction of sp³-hybridized carbons (Fsp3) is 0.250. The summed E-state index contributed by atoms with van der Waals surface area (Å²) in [5.41, 5.74) is 1.34. The van der Waals surface area contributed by atoms with E-state index in [1.165, 1.54) is 23.1 Å². The molecule has 4 nitrogen and oxygen atoms in total. The number of carbonyl (C=O) groups excluding carboxylic acids is 1. The number of hydrogen-bond donors (Lipinski definition) is 0. The Bertz CT molecular complexity index is 1010. The lowest BCUT2D eigenvalue weighted by Crippen LogP contribution is -2.39. The molecule has 1 amide bonds. The van der Waals surface area contributed by atoms with Gasteiger partial charge in [0.2, 0.25) is 5.91 Å². The van der Waals surface area contributed by atoms with Crippen LogP contribution in [0.15, 0.2) is 48.5 Å². The van der Waals surface area contributed by atoms with Gasteiger partial charge in [-0.2, -0.15) is 0 Å². The minimum absolute atomic E-state index is 0.0532. The zero-order valence-electron chi connectivity index (χ0n) is 14.8. The molecule has 2 aromatic carbocycles. The lowest BCUT2D eigenvalue weighted by atomic mass is 10.1. The highest BCUT2D eigenvalue weighted by Crippen LogP contribution is 2.24. The van der Waals surface area contributed by atoms with Crippen molar-refractivity contribution in [3.63, 3.8) is 0 Å². The Morgan fingerprint density at radius 1 is 1.18 bits per heavy atom. The molecule has 0 unspecified atom stereocenters. The van der Waals surface area contributed by atoms with Gasteiger partial charge in [-0.3, -0.25) is 4.79 Å². The lowest BCUT2D eigenvalue weighted by Gasteiger charge is -2.27. The van der Waals surface area contributed by atoms with E-state index in [1.54, 1.807) is 36.4 Å². The van der Waals surface area contributed by atoms with Crippen LogP contribution < -0.4 is 0 Å². The van der Waals surface area contributed by atoms with E-state index in [0.717, 1.165) is 5.56 Å². The highest BCUT2D eigenvalue weighted by atomic mass is 35.5. The summed E-state index contributed by atoms with van der Waals surface area (Å²) in [5.74, 6) is -0.729. The van der Waals surface area contributed by atoms with Crippen LogP contribution in [0, 0.1) is 5.82 Å². The predicted molar refractivity (Wildman–Crippen MR) is 110 cm³/mol. The molecule has 0 bridgehead atoms. The molecule has 3 rings (SSSR count). The van der Waals surface area contributed by atoms with E-state index in [2.05, 4.69) is 0 Å². The van der Waals surface area contributed by atoms with Gasteiger partial charge in [-0.1, -0.05) is 41.4 Å². The number of carbonyl (C=O) groups is 1. The second-order valence-corrected chi connectivity index (χ2v) is 9.72. The molecular weight excluding hydrogens is 424 g/mol. The highest BCUT2D eigenvalue weighted by molar-refractivity contribution is 7.91. The molecule has 0 N–H and O–H groups in total.